The SMILES string of the molecule is O=S(=O)(c1cccc(Br)c1)n1ccc2c(N3CCNCC3)c(Cl)ccc21. The molecule has 3 aromatic rings. The molecule has 1 aromatic heterocycles. The summed E-state index contributed by atoms with van der Waals surface area (Å²) < 4.78 is 28.3. The van der Waals surface area contributed by atoms with Gasteiger partial charge in [-0.3, -0.25) is 0 Å². The highest BCUT2D eigenvalue weighted by Gasteiger charge is 2.23. The Labute approximate surface area is 165 Å². The fourth-order valence-corrected chi connectivity index (χ4v) is 5.54. The zero-order valence-corrected chi connectivity index (χ0v) is 17.0. The van der Waals surface area contributed by atoms with E-state index < -0.39 is 10.0 Å². The lowest BCUT2D eigenvalue weighted by atomic mass is 10.2. The number of halogens is 2. The van der Waals surface area contributed by atoms with E-state index in [9.17, 15) is 8.42 Å². The molecule has 1 aliphatic rings. The summed E-state index contributed by atoms with van der Waals surface area (Å²) >= 11 is 9.81. The van der Waals surface area contributed by atoms with E-state index in [1.807, 2.05) is 6.07 Å². The van der Waals surface area contributed by atoms with Crippen LogP contribution in [0.15, 0.2) is 58.0 Å². The molecule has 1 N–H and O–H groups in total. The van der Waals surface area contributed by atoms with Crippen molar-refractivity contribution in [3.05, 3.63) is 58.2 Å². The first-order valence-corrected chi connectivity index (χ1v) is 10.9. The van der Waals surface area contributed by atoms with Crippen LogP contribution in [0, 0.1) is 0 Å². The van der Waals surface area contributed by atoms with E-state index in [0.29, 0.717) is 10.5 Å². The van der Waals surface area contributed by atoms with Gasteiger partial charge in [0.25, 0.3) is 10.0 Å². The van der Waals surface area contributed by atoms with E-state index >= 15 is 0 Å². The molecule has 1 saturated heterocycles. The molecule has 0 saturated carbocycles. The quantitative estimate of drug-likeness (QED) is 0.655. The average molecular weight is 455 g/mol. The monoisotopic (exact) mass is 453 g/mol. The van der Waals surface area contributed by atoms with Crippen molar-refractivity contribution in [1.82, 2.24) is 9.29 Å². The predicted molar refractivity (Wildman–Crippen MR) is 109 cm³/mol. The first kappa shape index (κ1) is 17.9. The Bertz CT molecular complexity index is 1080. The summed E-state index contributed by atoms with van der Waals surface area (Å²) in [6.07, 6.45) is 1.60. The Morgan fingerprint density at radius 1 is 1.08 bits per heavy atom. The topological polar surface area (TPSA) is 54.3 Å². The van der Waals surface area contributed by atoms with Crippen molar-refractivity contribution in [2.45, 2.75) is 4.90 Å². The molecule has 0 atom stereocenters. The molecule has 1 aliphatic heterocycles. The van der Waals surface area contributed by atoms with E-state index in [4.69, 9.17) is 11.6 Å². The van der Waals surface area contributed by atoms with Crippen molar-refractivity contribution >= 4 is 54.1 Å². The van der Waals surface area contributed by atoms with Gasteiger partial charge in [0.2, 0.25) is 0 Å². The van der Waals surface area contributed by atoms with Gasteiger partial charge in [0.1, 0.15) is 0 Å². The summed E-state index contributed by atoms with van der Waals surface area (Å²) in [5.41, 5.74) is 1.52. The molecule has 26 heavy (non-hydrogen) atoms. The number of nitrogens with zero attached hydrogens (tertiary/aromatic N) is 2. The number of piperazine rings is 1. The fourth-order valence-electron chi connectivity index (χ4n) is 3.31. The van der Waals surface area contributed by atoms with Crippen molar-refractivity contribution in [3.8, 4) is 0 Å². The smallest absolute Gasteiger partial charge is 0.268 e. The summed E-state index contributed by atoms with van der Waals surface area (Å²) in [5, 5.41) is 4.80. The number of nitrogens with one attached hydrogen (secondary N) is 1. The average Bonchev–Trinajstić information content (AvgIpc) is 3.07. The predicted octanol–water partition coefficient (Wildman–Crippen LogP) is 3.70. The Morgan fingerprint density at radius 2 is 1.85 bits per heavy atom. The molecule has 0 amide bonds. The van der Waals surface area contributed by atoms with Gasteiger partial charge in [-0.15, -0.1) is 0 Å². The van der Waals surface area contributed by atoms with Crippen LogP contribution in [0.5, 0.6) is 0 Å². The first-order chi connectivity index (χ1) is 12.5. The van der Waals surface area contributed by atoms with Gasteiger partial charge in [0.15, 0.2) is 0 Å². The molecule has 2 heterocycles. The summed E-state index contributed by atoms with van der Waals surface area (Å²) in [4.78, 5) is 2.44. The molecule has 0 bridgehead atoms. The van der Waals surface area contributed by atoms with Gasteiger partial charge in [-0.25, -0.2) is 12.4 Å². The molecule has 0 aliphatic carbocycles. The highest BCUT2D eigenvalue weighted by molar-refractivity contribution is 9.10. The Balaban J connectivity index is 1.88. The minimum atomic E-state index is -3.69. The van der Waals surface area contributed by atoms with Gasteiger partial charge < -0.3 is 10.2 Å². The van der Waals surface area contributed by atoms with E-state index in [1.54, 1.807) is 42.6 Å². The van der Waals surface area contributed by atoms with Gasteiger partial charge in [-0.1, -0.05) is 33.6 Å². The number of fused-ring (bicyclic) bond motifs is 1. The van der Waals surface area contributed by atoms with Crippen molar-refractivity contribution < 1.29 is 8.42 Å². The lowest BCUT2D eigenvalue weighted by Gasteiger charge is -2.30. The minimum Gasteiger partial charge on any atom is -0.367 e. The highest BCUT2D eigenvalue weighted by Crippen LogP contribution is 2.36. The summed E-state index contributed by atoms with van der Waals surface area (Å²) in [5.74, 6) is 0. The molecular formula is C18H17BrClN3O2S. The summed E-state index contributed by atoms with van der Waals surface area (Å²) in [6.45, 7) is 3.43. The largest absolute Gasteiger partial charge is 0.367 e. The summed E-state index contributed by atoms with van der Waals surface area (Å²) in [6, 6.07) is 12.1. The van der Waals surface area contributed by atoms with Crippen LogP contribution in [0.3, 0.4) is 0 Å². The molecule has 0 radical (unpaired) electrons. The van der Waals surface area contributed by atoms with Crippen LogP contribution >= 0.6 is 27.5 Å². The molecule has 1 fully saturated rings. The number of hydrogen-bond donors (Lipinski definition) is 1. The zero-order valence-electron chi connectivity index (χ0n) is 13.8. The fraction of sp³-hybridized carbons (Fsp3) is 0.222. The molecule has 0 spiro atoms. The van der Waals surface area contributed by atoms with Crippen LogP contribution in [0.25, 0.3) is 10.9 Å². The number of rotatable bonds is 3. The van der Waals surface area contributed by atoms with Crippen LogP contribution in [-0.2, 0) is 10.0 Å². The second kappa shape index (κ2) is 6.88. The van der Waals surface area contributed by atoms with Crippen LogP contribution in [0.4, 0.5) is 5.69 Å². The lowest BCUT2D eigenvalue weighted by molar-refractivity contribution is 0.588. The number of anilines is 1. The Hall–Kier alpha value is -1.54. The Kier molecular flexibility index (Phi) is 4.73. The normalized spacial score (nSPS) is 15.5. The van der Waals surface area contributed by atoms with Crippen LogP contribution in [0.1, 0.15) is 0 Å². The maximum Gasteiger partial charge on any atom is 0.268 e. The van der Waals surface area contributed by atoms with Crippen LogP contribution < -0.4 is 10.2 Å². The zero-order chi connectivity index (χ0) is 18.3. The molecule has 5 nitrogen and oxygen atoms in total. The second-order valence-electron chi connectivity index (χ2n) is 6.14. The van der Waals surface area contributed by atoms with Gasteiger partial charge in [0, 0.05) is 42.2 Å². The van der Waals surface area contributed by atoms with Crippen LogP contribution in [-0.4, -0.2) is 38.6 Å². The van der Waals surface area contributed by atoms with E-state index in [0.717, 1.165) is 41.7 Å². The minimum absolute atomic E-state index is 0.239. The van der Waals surface area contributed by atoms with Gasteiger partial charge in [-0.2, -0.15) is 0 Å². The molecular weight excluding hydrogens is 438 g/mol. The third-order valence-corrected chi connectivity index (χ3v) is 7.03. The highest BCUT2D eigenvalue weighted by atomic mass is 79.9. The molecule has 4 rings (SSSR count). The molecule has 136 valence electrons. The molecule has 8 heteroatoms. The van der Waals surface area contributed by atoms with Crippen molar-refractivity contribution in [1.29, 1.82) is 0 Å². The third kappa shape index (κ3) is 3.03. The first-order valence-electron chi connectivity index (χ1n) is 8.25. The van der Waals surface area contributed by atoms with E-state index in [2.05, 4.69) is 26.1 Å². The molecule has 2 aromatic carbocycles. The maximum atomic E-state index is 13.1. The second-order valence-corrected chi connectivity index (χ2v) is 9.28. The van der Waals surface area contributed by atoms with E-state index in [-0.39, 0.29) is 4.90 Å². The number of hydrogen-bond acceptors (Lipinski definition) is 4. The van der Waals surface area contributed by atoms with Gasteiger partial charge >= 0.3 is 0 Å². The Morgan fingerprint density at radius 3 is 2.58 bits per heavy atom. The standard InChI is InChI=1S/C18H17BrClN3O2S/c19-13-2-1-3-14(12-13)26(24,25)23-9-6-15-17(23)5-4-16(20)18(15)22-10-7-21-8-11-22/h1-6,9,12,21H,7-8,10-11H2. The van der Waals surface area contributed by atoms with Gasteiger partial charge in [-0.05, 0) is 36.4 Å². The molecule has 0 unspecified atom stereocenters. The van der Waals surface area contributed by atoms with Crippen molar-refractivity contribution in [2.24, 2.45) is 0 Å². The van der Waals surface area contributed by atoms with Crippen molar-refractivity contribution in [2.75, 3.05) is 31.1 Å². The maximum absolute atomic E-state index is 13.1. The van der Waals surface area contributed by atoms with Crippen molar-refractivity contribution in [3.63, 3.8) is 0 Å². The van der Waals surface area contributed by atoms with Crippen LogP contribution in [0.2, 0.25) is 5.02 Å². The summed E-state index contributed by atoms with van der Waals surface area (Å²) in [7, 11) is -3.69. The number of aromatic nitrogens is 1. The van der Waals surface area contributed by atoms with Gasteiger partial charge in [0.05, 0.1) is 21.1 Å². The van der Waals surface area contributed by atoms with E-state index in [1.165, 1.54) is 3.97 Å². The third-order valence-electron chi connectivity index (χ3n) is 4.54. The number of benzene rings is 2. The lowest BCUT2D eigenvalue weighted by Crippen LogP contribution is -2.43.